The molecule has 1 rings (SSSR count). The van der Waals surface area contributed by atoms with Gasteiger partial charge < -0.3 is 42.1 Å². The van der Waals surface area contributed by atoms with Gasteiger partial charge in [0, 0.05) is 12.8 Å². The molecule has 4 unspecified atom stereocenters. The van der Waals surface area contributed by atoms with Gasteiger partial charge in [-0.1, -0.05) is 30.3 Å². The van der Waals surface area contributed by atoms with E-state index in [2.05, 4.69) is 16.0 Å². The van der Waals surface area contributed by atoms with Gasteiger partial charge in [0.25, 0.3) is 0 Å². The topological polar surface area (TPSA) is 245 Å². The van der Waals surface area contributed by atoms with Crippen LogP contribution in [0.1, 0.15) is 31.2 Å². The Morgan fingerprint density at radius 1 is 0.722 bits per heavy atom. The molecule has 0 heterocycles. The zero-order valence-corrected chi connectivity index (χ0v) is 19.3. The number of carboxylic acids is 3. The van der Waals surface area contributed by atoms with Gasteiger partial charge in [0.15, 0.2) is 0 Å². The van der Waals surface area contributed by atoms with E-state index in [1.165, 1.54) is 0 Å². The number of aliphatic carboxylic acids is 3. The van der Waals surface area contributed by atoms with Crippen LogP contribution in [0.4, 0.5) is 0 Å². The number of carbonyl (C=O) groups is 6. The molecule has 0 fully saturated rings. The Labute approximate surface area is 205 Å². The van der Waals surface area contributed by atoms with Gasteiger partial charge in [0.2, 0.25) is 17.7 Å². The van der Waals surface area contributed by atoms with E-state index in [1.54, 1.807) is 30.3 Å². The molecule has 9 N–H and O–H groups in total. The number of aliphatic hydroxyl groups is 1. The van der Waals surface area contributed by atoms with E-state index in [-0.39, 0.29) is 6.42 Å². The van der Waals surface area contributed by atoms with Crippen molar-refractivity contribution in [3.8, 4) is 0 Å². The van der Waals surface area contributed by atoms with E-state index in [1.807, 2.05) is 0 Å². The van der Waals surface area contributed by atoms with Crippen LogP contribution in [0, 0.1) is 0 Å². The van der Waals surface area contributed by atoms with E-state index in [0.29, 0.717) is 0 Å². The fraction of sp³-hybridized carbons (Fsp3) is 0.455. The SMILES string of the molecule is NC(Cc1ccccc1)C(=O)NC(CO)C(=O)NC(CCC(=O)O)C(=O)NC(CCC(=O)O)C(=O)O. The molecule has 1 aromatic rings. The van der Waals surface area contributed by atoms with Crippen LogP contribution >= 0.6 is 0 Å². The van der Waals surface area contributed by atoms with Gasteiger partial charge in [-0.3, -0.25) is 24.0 Å². The molecule has 14 heteroatoms. The van der Waals surface area contributed by atoms with Gasteiger partial charge in [0.1, 0.15) is 18.1 Å². The standard InChI is InChI=1S/C22H30N4O10/c23-13(10-12-4-2-1-3-5-12)19(32)26-16(11-27)21(34)24-14(6-8-17(28)29)20(33)25-15(22(35)36)7-9-18(30)31/h1-5,13-16,27H,6-11,23H2,(H,24,34)(H,25,33)(H,26,32)(H,28,29)(H,30,31)(H,35,36). The second-order valence-corrected chi connectivity index (χ2v) is 7.87. The highest BCUT2D eigenvalue weighted by molar-refractivity contribution is 5.94. The number of benzene rings is 1. The summed E-state index contributed by atoms with van der Waals surface area (Å²) in [7, 11) is 0. The lowest BCUT2D eigenvalue weighted by Crippen LogP contribution is -2.58. The third kappa shape index (κ3) is 10.9. The average Bonchev–Trinajstić information content (AvgIpc) is 2.82. The number of nitrogens with one attached hydrogen (secondary N) is 3. The number of aliphatic hydroxyl groups excluding tert-OH is 1. The average molecular weight is 511 g/mol. The lowest BCUT2D eigenvalue weighted by atomic mass is 10.1. The maximum absolute atomic E-state index is 12.6. The van der Waals surface area contributed by atoms with Crippen molar-refractivity contribution in [1.82, 2.24) is 16.0 Å². The Balaban J connectivity index is 2.86. The first-order valence-electron chi connectivity index (χ1n) is 10.9. The molecule has 0 saturated carbocycles. The number of carboxylic acid groups (broad SMARTS) is 3. The van der Waals surface area contributed by atoms with Gasteiger partial charge in [-0.25, -0.2) is 4.79 Å². The minimum atomic E-state index is -1.61. The molecule has 0 radical (unpaired) electrons. The van der Waals surface area contributed by atoms with Crippen LogP contribution < -0.4 is 21.7 Å². The molecule has 0 aliphatic rings. The van der Waals surface area contributed by atoms with E-state index < -0.39 is 92.1 Å². The lowest BCUT2D eigenvalue weighted by molar-refractivity contribution is -0.144. The highest BCUT2D eigenvalue weighted by Crippen LogP contribution is 2.05. The molecule has 198 valence electrons. The van der Waals surface area contributed by atoms with Crippen molar-refractivity contribution in [2.24, 2.45) is 5.73 Å². The largest absolute Gasteiger partial charge is 0.481 e. The van der Waals surface area contributed by atoms with Gasteiger partial charge >= 0.3 is 17.9 Å². The van der Waals surface area contributed by atoms with Crippen molar-refractivity contribution in [1.29, 1.82) is 0 Å². The van der Waals surface area contributed by atoms with Crippen LogP contribution in [0.15, 0.2) is 30.3 Å². The molecule has 14 nitrogen and oxygen atoms in total. The van der Waals surface area contributed by atoms with E-state index >= 15 is 0 Å². The molecule has 4 atom stereocenters. The summed E-state index contributed by atoms with van der Waals surface area (Å²) in [4.78, 5) is 70.7. The highest BCUT2D eigenvalue weighted by Gasteiger charge is 2.30. The predicted octanol–water partition coefficient (Wildman–Crippen LogP) is -2.18. The number of carbonyl (C=O) groups excluding carboxylic acids is 3. The van der Waals surface area contributed by atoms with Gasteiger partial charge in [-0.2, -0.15) is 0 Å². The summed E-state index contributed by atoms with van der Waals surface area (Å²) in [5, 5.41) is 43.0. The van der Waals surface area contributed by atoms with E-state index in [0.717, 1.165) is 5.56 Å². The summed E-state index contributed by atoms with van der Waals surface area (Å²) in [6, 6.07) is 3.01. The zero-order chi connectivity index (χ0) is 27.3. The van der Waals surface area contributed by atoms with Crippen molar-refractivity contribution in [3.05, 3.63) is 35.9 Å². The number of nitrogens with two attached hydrogens (primary N) is 1. The fourth-order valence-electron chi connectivity index (χ4n) is 3.04. The molecule has 1 aromatic carbocycles. The quantitative estimate of drug-likeness (QED) is 0.119. The number of hydrogen-bond acceptors (Lipinski definition) is 8. The molecular weight excluding hydrogens is 480 g/mol. The first kappa shape index (κ1) is 30.0. The second-order valence-electron chi connectivity index (χ2n) is 7.87. The highest BCUT2D eigenvalue weighted by atomic mass is 16.4. The van der Waals surface area contributed by atoms with Crippen molar-refractivity contribution in [2.45, 2.75) is 56.3 Å². The monoisotopic (exact) mass is 510 g/mol. The van der Waals surface area contributed by atoms with E-state index in [9.17, 15) is 39.0 Å². The Bertz CT molecular complexity index is 940. The second kappa shape index (κ2) is 15.1. The lowest BCUT2D eigenvalue weighted by Gasteiger charge is -2.24. The van der Waals surface area contributed by atoms with E-state index in [4.69, 9.17) is 15.9 Å². The van der Waals surface area contributed by atoms with Gasteiger partial charge in [0.05, 0.1) is 12.6 Å². The summed E-state index contributed by atoms with van der Waals surface area (Å²) in [5.74, 6) is -7.01. The molecule has 0 spiro atoms. The van der Waals surface area contributed by atoms with Crippen molar-refractivity contribution >= 4 is 35.6 Å². The molecule has 0 aliphatic heterocycles. The molecule has 3 amide bonds. The van der Waals surface area contributed by atoms with Crippen LogP contribution in [0.3, 0.4) is 0 Å². The zero-order valence-electron chi connectivity index (χ0n) is 19.3. The number of amides is 3. The summed E-state index contributed by atoms with van der Waals surface area (Å²) < 4.78 is 0. The van der Waals surface area contributed by atoms with Crippen molar-refractivity contribution in [2.75, 3.05) is 6.61 Å². The third-order valence-corrected chi connectivity index (χ3v) is 4.99. The Morgan fingerprint density at radius 2 is 1.19 bits per heavy atom. The maximum Gasteiger partial charge on any atom is 0.326 e. The number of hydrogen-bond donors (Lipinski definition) is 8. The Hall–Kier alpha value is -4.04. The van der Waals surface area contributed by atoms with Crippen LogP contribution in [0.2, 0.25) is 0 Å². The first-order chi connectivity index (χ1) is 16.9. The van der Waals surface area contributed by atoms with Crippen LogP contribution in [-0.4, -0.2) is 86.8 Å². The van der Waals surface area contributed by atoms with Crippen molar-refractivity contribution < 1.29 is 49.2 Å². The molecule has 0 saturated heterocycles. The molecule has 0 bridgehead atoms. The molecule has 0 aliphatic carbocycles. The van der Waals surface area contributed by atoms with Crippen LogP contribution in [0.5, 0.6) is 0 Å². The summed E-state index contributed by atoms with van der Waals surface area (Å²) in [6.07, 6.45) is -1.90. The van der Waals surface area contributed by atoms with Gasteiger partial charge in [-0.05, 0) is 24.8 Å². The Kier molecular flexibility index (Phi) is 12.5. The summed E-state index contributed by atoms with van der Waals surface area (Å²) >= 11 is 0. The summed E-state index contributed by atoms with van der Waals surface area (Å²) in [5.41, 5.74) is 6.62. The minimum Gasteiger partial charge on any atom is -0.481 e. The van der Waals surface area contributed by atoms with Crippen LogP contribution in [0.25, 0.3) is 0 Å². The molecule has 0 aromatic heterocycles. The smallest absolute Gasteiger partial charge is 0.326 e. The van der Waals surface area contributed by atoms with Crippen molar-refractivity contribution in [3.63, 3.8) is 0 Å². The normalized spacial score (nSPS) is 13.9. The Morgan fingerprint density at radius 3 is 1.69 bits per heavy atom. The first-order valence-corrected chi connectivity index (χ1v) is 10.9. The maximum atomic E-state index is 12.6. The van der Waals surface area contributed by atoms with Gasteiger partial charge in [-0.15, -0.1) is 0 Å². The molecule has 36 heavy (non-hydrogen) atoms. The third-order valence-electron chi connectivity index (χ3n) is 4.99. The fourth-order valence-corrected chi connectivity index (χ4v) is 3.04. The van der Waals surface area contributed by atoms with Crippen LogP contribution in [-0.2, 0) is 35.2 Å². The predicted molar refractivity (Wildman–Crippen MR) is 122 cm³/mol. The summed E-state index contributed by atoms with van der Waals surface area (Å²) in [6.45, 7) is -0.876. The minimum absolute atomic E-state index is 0.142. The number of rotatable bonds is 16. The molecular formula is C22H30N4O10.